The second kappa shape index (κ2) is 4.46. The number of methoxy groups -OCH3 is 1. The van der Waals surface area contributed by atoms with Crippen LogP contribution in [0.1, 0.15) is 12.8 Å². The van der Waals surface area contributed by atoms with E-state index in [9.17, 15) is 4.79 Å². The molecule has 1 heterocycles. The van der Waals surface area contributed by atoms with Gasteiger partial charge in [0.2, 0.25) is 0 Å². The summed E-state index contributed by atoms with van der Waals surface area (Å²) < 4.78 is 4.98. The Labute approximate surface area is 67.3 Å². The van der Waals surface area contributed by atoms with Crippen LogP contribution < -0.4 is 0 Å². The molecule has 1 rings (SSSR count). The normalized spacial score (nSPS) is 26.8. The third-order valence-electron chi connectivity index (χ3n) is 2.05. The fourth-order valence-electron chi connectivity index (χ4n) is 1.50. The number of carbonyl (C=O) groups excluding carboxylic acids is 1. The zero-order valence-corrected chi connectivity index (χ0v) is 6.95. The van der Waals surface area contributed by atoms with Gasteiger partial charge in [0.1, 0.15) is 6.29 Å². The Kier molecular flexibility index (Phi) is 3.52. The molecule has 0 aromatic heterocycles. The highest BCUT2D eigenvalue weighted by Crippen LogP contribution is 2.13. The molecule has 3 nitrogen and oxygen atoms in total. The molecule has 1 saturated heterocycles. The summed E-state index contributed by atoms with van der Waals surface area (Å²) >= 11 is 0. The van der Waals surface area contributed by atoms with Gasteiger partial charge in [-0.3, -0.25) is 4.90 Å². The monoisotopic (exact) mass is 157 g/mol. The van der Waals surface area contributed by atoms with Gasteiger partial charge in [0.25, 0.3) is 0 Å². The lowest BCUT2D eigenvalue weighted by Crippen LogP contribution is -2.37. The van der Waals surface area contributed by atoms with E-state index in [1.54, 1.807) is 7.11 Å². The number of piperidine rings is 1. The maximum Gasteiger partial charge on any atom is 0.124 e. The number of aldehydes is 1. The van der Waals surface area contributed by atoms with Crippen molar-refractivity contribution in [2.45, 2.75) is 12.8 Å². The fourth-order valence-corrected chi connectivity index (χ4v) is 1.50. The van der Waals surface area contributed by atoms with Crippen LogP contribution in [0, 0.1) is 5.92 Å². The van der Waals surface area contributed by atoms with Crippen LogP contribution in [0.4, 0.5) is 0 Å². The van der Waals surface area contributed by atoms with Crippen LogP contribution in [0.25, 0.3) is 0 Å². The van der Waals surface area contributed by atoms with Crippen LogP contribution in [0.5, 0.6) is 0 Å². The molecule has 1 fully saturated rings. The average Bonchev–Trinajstić information content (AvgIpc) is 2.06. The molecular weight excluding hydrogens is 142 g/mol. The Morgan fingerprint density at radius 1 is 1.73 bits per heavy atom. The first kappa shape index (κ1) is 8.68. The van der Waals surface area contributed by atoms with Crippen LogP contribution in [-0.4, -0.2) is 38.1 Å². The second-order valence-electron chi connectivity index (χ2n) is 3.03. The zero-order chi connectivity index (χ0) is 8.10. The maximum atomic E-state index is 10.4. The highest BCUT2D eigenvalue weighted by atomic mass is 16.5. The first-order valence-electron chi connectivity index (χ1n) is 4.03. The van der Waals surface area contributed by atoms with Gasteiger partial charge in [-0.2, -0.15) is 0 Å². The van der Waals surface area contributed by atoms with Gasteiger partial charge in [0.05, 0.1) is 6.73 Å². The maximum absolute atomic E-state index is 10.4. The summed E-state index contributed by atoms with van der Waals surface area (Å²) in [6.07, 6.45) is 3.22. The number of nitrogens with zero attached hydrogens (tertiary/aromatic N) is 1. The van der Waals surface area contributed by atoms with Crippen LogP contribution >= 0.6 is 0 Å². The summed E-state index contributed by atoms with van der Waals surface area (Å²) in [6.45, 7) is 2.60. The number of hydrogen-bond donors (Lipinski definition) is 0. The van der Waals surface area contributed by atoms with Crippen LogP contribution in [-0.2, 0) is 9.53 Å². The van der Waals surface area contributed by atoms with Gasteiger partial charge < -0.3 is 9.53 Å². The van der Waals surface area contributed by atoms with Crippen molar-refractivity contribution in [2.24, 2.45) is 5.92 Å². The molecular formula is C8H15NO2. The van der Waals surface area contributed by atoms with Crippen molar-refractivity contribution in [2.75, 3.05) is 26.9 Å². The van der Waals surface area contributed by atoms with E-state index in [1.165, 1.54) is 0 Å². The summed E-state index contributed by atoms with van der Waals surface area (Å²) in [5.74, 6) is 0.235. The minimum absolute atomic E-state index is 0.235. The Morgan fingerprint density at radius 2 is 2.55 bits per heavy atom. The lowest BCUT2D eigenvalue weighted by Gasteiger charge is -2.28. The molecule has 1 unspecified atom stereocenters. The molecule has 3 heteroatoms. The van der Waals surface area contributed by atoms with Crippen molar-refractivity contribution >= 4 is 6.29 Å². The lowest BCUT2D eigenvalue weighted by atomic mass is 10.0. The molecule has 0 spiro atoms. The van der Waals surface area contributed by atoms with Crippen LogP contribution in [0.3, 0.4) is 0 Å². The van der Waals surface area contributed by atoms with Crippen molar-refractivity contribution in [1.82, 2.24) is 4.90 Å². The van der Waals surface area contributed by atoms with E-state index in [1.807, 2.05) is 0 Å². The Morgan fingerprint density at radius 3 is 3.18 bits per heavy atom. The Balaban J connectivity index is 2.27. The highest BCUT2D eigenvalue weighted by Gasteiger charge is 2.18. The molecule has 1 aliphatic rings. The van der Waals surface area contributed by atoms with E-state index in [0.29, 0.717) is 6.73 Å². The van der Waals surface area contributed by atoms with Gasteiger partial charge in [-0.15, -0.1) is 0 Å². The van der Waals surface area contributed by atoms with Gasteiger partial charge in [-0.1, -0.05) is 0 Å². The third-order valence-corrected chi connectivity index (χ3v) is 2.05. The Hall–Kier alpha value is -0.410. The number of likely N-dealkylation sites (tertiary alicyclic amines) is 1. The number of hydrogen-bond acceptors (Lipinski definition) is 3. The minimum Gasteiger partial charge on any atom is -0.369 e. The van der Waals surface area contributed by atoms with Crippen molar-refractivity contribution in [3.8, 4) is 0 Å². The molecule has 0 saturated carbocycles. The summed E-state index contributed by atoms with van der Waals surface area (Å²) in [4.78, 5) is 12.6. The van der Waals surface area contributed by atoms with Gasteiger partial charge in [0, 0.05) is 26.1 Å². The highest BCUT2D eigenvalue weighted by molar-refractivity contribution is 5.53. The summed E-state index contributed by atoms with van der Waals surface area (Å²) in [5, 5.41) is 0. The van der Waals surface area contributed by atoms with Crippen molar-refractivity contribution in [3.63, 3.8) is 0 Å². The molecule has 0 aromatic rings. The smallest absolute Gasteiger partial charge is 0.124 e. The molecule has 0 N–H and O–H groups in total. The second-order valence-corrected chi connectivity index (χ2v) is 3.03. The van der Waals surface area contributed by atoms with E-state index in [2.05, 4.69) is 4.90 Å². The average molecular weight is 157 g/mol. The number of rotatable bonds is 3. The van der Waals surface area contributed by atoms with Gasteiger partial charge in [-0.25, -0.2) is 0 Å². The molecule has 0 aliphatic carbocycles. The lowest BCUT2D eigenvalue weighted by molar-refractivity contribution is -0.113. The third kappa shape index (κ3) is 2.60. The number of ether oxygens (including phenoxy) is 1. The van der Waals surface area contributed by atoms with Gasteiger partial charge in [-0.05, 0) is 12.8 Å². The molecule has 64 valence electrons. The quantitative estimate of drug-likeness (QED) is 0.559. The van der Waals surface area contributed by atoms with Gasteiger partial charge >= 0.3 is 0 Å². The Bertz CT molecular complexity index is 125. The topological polar surface area (TPSA) is 29.5 Å². The molecule has 0 radical (unpaired) electrons. The van der Waals surface area contributed by atoms with E-state index in [-0.39, 0.29) is 5.92 Å². The first-order chi connectivity index (χ1) is 5.36. The standard InChI is InChI=1S/C8H15NO2/c1-11-7-9-4-2-3-8(5-9)6-10/h6,8H,2-5,7H2,1H3. The first-order valence-corrected chi connectivity index (χ1v) is 4.03. The molecule has 1 aliphatic heterocycles. The van der Waals surface area contributed by atoms with Crippen LogP contribution in [0.2, 0.25) is 0 Å². The SMILES string of the molecule is COCN1CCCC(C=O)C1. The molecule has 0 aromatic carbocycles. The largest absolute Gasteiger partial charge is 0.369 e. The predicted octanol–water partition coefficient (Wildman–Crippen LogP) is 0.501. The minimum atomic E-state index is 0.235. The van der Waals surface area contributed by atoms with Crippen LogP contribution in [0.15, 0.2) is 0 Å². The summed E-state index contributed by atoms with van der Waals surface area (Å²) in [7, 11) is 1.69. The number of carbonyl (C=O) groups is 1. The fraction of sp³-hybridized carbons (Fsp3) is 0.875. The van der Waals surface area contributed by atoms with E-state index < -0.39 is 0 Å². The summed E-state index contributed by atoms with van der Waals surface area (Å²) in [5.41, 5.74) is 0. The summed E-state index contributed by atoms with van der Waals surface area (Å²) in [6, 6.07) is 0. The van der Waals surface area contributed by atoms with E-state index in [4.69, 9.17) is 4.74 Å². The molecule has 0 amide bonds. The molecule has 11 heavy (non-hydrogen) atoms. The van der Waals surface area contributed by atoms with Crippen molar-refractivity contribution in [1.29, 1.82) is 0 Å². The van der Waals surface area contributed by atoms with E-state index in [0.717, 1.165) is 32.2 Å². The van der Waals surface area contributed by atoms with E-state index >= 15 is 0 Å². The predicted molar refractivity (Wildman–Crippen MR) is 42.2 cm³/mol. The van der Waals surface area contributed by atoms with Gasteiger partial charge in [0.15, 0.2) is 0 Å². The zero-order valence-electron chi connectivity index (χ0n) is 6.95. The van der Waals surface area contributed by atoms with Crippen molar-refractivity contribution < 1.29 is 9.53 Å². The molecule has 1 atom stereocenters. The molecule has 0 bridgehead atoms. The van der Waals surface area contributed by atoms with Crippen molar-refractivity contribution in [3.05, 3.63) is 0 Å².